The second-order valence-electron chi connectivity index (χ2n) is 1.93. The van der Waals surface area contributed by atoms with Gasteiger partial charge in [-0.15, -0.1) is 0 Å². The number of aromatic nitrogens is 2. The molecule has 0 spiro atoms. The van der Waals surface area contributed by atoms with Gasteiger partial charge in [0.25, 0.3) is 0 Å². The zero-order valence-electron chi connectivity index (χ0n) is 6.32. The fourth-order valence-corrected chi connectivity index (χ4v) is 0.666. The summed E-state index contributed by atoms with van der Waals surface area (Å²) in [5.41, 5.74) is 0. The molecule has 0 radical (unpaired) electrons. The summed E-state index contributed by atoms with van der Waals surface area (Å²) in [6.45, 7) is 2.36. The second kappa shape index (κ2) is 3.88. The molecule has 4 heteroatoms. The maximum Gasteiger partial charge on any atom is 0.155 e. The molecule has 0 atom stereocenters. The van der Waals surface area contributed by atoms with E-state index < -0.39 is 0 Å². The Labute approximate surface area is 64.9 Å². The van der Waals surface area contributed by atoms with Crippen molar-refractivity contribution in [3.05, 3.63) is 18.2 Å². The molecule has 1 aromatic rings. The van der Waals surface area contributed by atoms with Crippen LogP contribution < -0.4 is 4.74 Å². The lowest BCUT2D eigenvalue weighted by atomic mass is 10.5. The van der Waals surface area contributed by atoms with Gasteiger partial charge >= 0.3 is 0 Å². The molecule has 0 aliphatic heterocycles. The molecular weight excluding hydrogens is 144 g/mol. The molecule has 0 aromatic carbocycles. The van der Waals surface area contributed by atoms with Crippen LogP contribution in [0.5, 0.6) is 5.75 Å². The van der Waals surface area contributed by atoms with Crippen molar-refractivity contribution >= 4 is 0 Å². The van der Waals surface area contributed by atoms with Crippen LogP contribution in [0.25, 0.3) is 0 Å². The normalized spacial score (nSPS) is 9.64. The molecule has 0 saturated heterocycles. The Morgan fingerprint density at radius 3 is 2.55 bits per heavy atom. The Balaban J connectivity index is 2.66. The SMILES string of the molecule is CCOc1cnc(CO)nc1. The molecule has 0 fully saturated rings. The van der Waals surface area contributed by atoms with Crippen LogP contribution in [-0.4, -0.2) is 21.7 Å². The van der Waals surface area contributed by atoms with E-state index >= 15 is 0 Å². The number of nitrogens with zero attached hydrogens (tertiary/aromatic N) is 2. The third-order valence-electron chi connectivity index (χ3n) is 1.13. The Bertz CT molecular complexity index is 210. The summed E-state index contributed by atoms with van der Waals surface area (Å²) in [6, 6.07) is 0. The van der Waals surface area contributed by atoms with Gasteiger partial charge in [-0.05, 0) is 6.92 Å². The zero-order chi connectivity index (χ0) is 8.10. The highest BCUT2D eigenvalue weighted by Crippen LogP contribution is 2.05. The van der Waals surface area contributed by atoms with Crippen molar-refractivity contribution in [1.82, 2.24) is 9.97 Å². The van der Waals surface area contributed by atoms with Crippen LogP contribution >= 0.6 is 0 Å². The topological polar surface area (TPSA) is 55.2 Å². The summed E-state index contributed by atoms with van der Waals surface area (Å²) in [5, 5.41) is 8.59. The lowest BCUT2D eigenvalue weighted by molar-refractivity contribution is 0.269. The zero-order valence-corrected chi connectivity index (χ0v) is 6.32. The van der Waals surface area contributed by atoms with E-state index in [9.17, 15) is 0 Å². The predicted molar refractivity (Wildman–Crippen MR) is 39.1 cm³/mol. The standard InChI is InChI=1S/C7H10N2O2/c1-2-11-6-3-8-7(5-10)9-4-6/h3-4,10H,2,5H2,1H3. The number of aliphatic hydroxyl groups is 1. The Morgan fingerprint density at radius 1 is 1.45 bits per heavy atom. The van der Waals surface area contributed by atoms with E-state index in [4.69, 9.17) is 9.84 Å². The van der Waals surface area contributed by atoms with Crippen LogP contribution in [0.1, 0.15) is 12.7 Å². The minimum Gasteiger partial charge on any atom is -0.491 e. The van der Waals surface area contributed by atoms with Crippen molar-refractivity contribution in [2.45, 2.75) is 13.5 Å². The number of rotatable bonds is 3. The molecular formula is C7H10N2O2. The van der Waals surface area contributed by atoms with Crippen LogP contribution in [0, 0.1) is 0 Å². The van der Waals surface area contributed by atoms with Gasteiger partial charge in [-0.1, -0.05) is 0 Å². The number of aliphatic hydroxyl groups excluding tert-OH is 1. The number of hydrogen-bond acceptors (Lipinski definition) is 4. The lowest BCUT2D eigenvalue weighted by Gasteiger charge is -2.00. The third-order valence-corrected chi connectivity index (χ3v) is 1.13. The van der Waals surface area contributed by atoms with E-state index in [0.717, 1.165) is 0 Å². The highest BCUT2D eigenvalue weighted by atomic mass is 16.5. The molecule has 1 rings (SSSR count). The molecule has 1 heterocycles. The molecule has 0 unspecified atom stereocenters. The molecule has 0 aliphatic carbocycles. The van der Waals surface area contributed by atoms with Crippen LogP contribution in [0.2, 0.25) is 0 Å². The highest BCUT2D eigenvalue weighted by Gasteiger charge is 1.94. The first-order chi connectivity index (χ1) is 5.36. The summed E-state index contributed by atoms with van der Waals surface area (Å²) in [5.74, 6) is 1.04. The van der Waals surface area contributed by atoms with Gasteiger partial charge in [0.1, 0.15) is 6.61 Å². The average molecular weight is 154 g/mol. The van der Waals surface area contributed by atoms with Gasteiger partial charge in [-0.3, -0.25) is 0 Å². The van der Waals surface area contributed by atoms with Gasteiger partial charge in [-0.2, -0.15) is 0 Å². The van der Waals surface area contributed by atoms with Crippen molar-refractivity contribution in [2.75, 3.05) is 6.61 Å². The van der Waals surface area contributed by atoms with Gasteiger partial charge in [0.05, 0.1) is 19.0 Å². The van der Waals surface area contributed by atoms with Gasteiger partial charge in [-0.25, -0.2) is 9.97 Å². The highest BCUT2D eigenvalue weighted by molar-refractivity contribution is 5.11. The first-order valence-electron chi connectivity index (χ1n) is 3.41. The molecule has 4 nitrogen and oxygen atoms in total. The van der Waals surface area contributed by atoms with Crippen LogP contribution in [0.15, 0.2) is 12.4 Å². The summed E-state index contributed by atoms with van der Waals surface area (Å²) in [7, 11) is 0. The van der Waals surface area contributed by atoms with Crippen molar-refractivity contribution in [1.29, 1.82) is 0 Å². The van der Waals surface area contributed by atoms with Crippen molar-refractivity contribution in [2.24, 2.45) is 0 Å². The molecule has 60 valence electrons. The van der Waals surface area contributed by atoms with Crippen molar-refractivity contribution in [3.63, 3.8) is 0 Å². The van der Waals surface area contributed by atoms with E-state index in [1.807, 2.05) is 6.92 Å². The fourth-order valence-electron chi connectivity index (χ4n) is 0.666. The summed E-state index contributed by atoms with van der Waals surface area (Å²) in [4.78, 5) is 7.66. The van der Waals surface area contributed by atoms with Crippen molar-refractivity contribution in [3.8, 4) is 5.75 Å². The molecule has 0 saturated carbocycles. The quantitative estimate of drug-likeness (QED) is 0.683. The Kier molecular flexibility index (Phi) is 2.80. The molecule has 0 aliphatic rings. The molecule has 1 aromatic heterocycles. The number of hydrogen-bond donors (Lipinski definition) is 1. The summed E-state index contributed by atoms with van der Waals surface area (Å²) in [6.07, 6.45) is 3.09. The minimum absolute atomic E-state index is 0.133. The Morgan fingerprint density at radius 2 is 2.09 bits per heavy atom. The molecule has 0 amide bonds. The average Bonchev–Trinajstić information content (AvgIpc) is 2.07. The summed E-state index contributed by atoms with van der Waals surface area (Å²) >= 11 is 0. The third kappa shape index (κ3) is 2.16. The van der Waals surface area contributed by atoms with Crippen LogP contribution in [-0.2, 0) is 6.61 Å². The first kappa shape index (κ1) is 7.94. The monoisotopic (exact) mass is 154 g/mol. The van der Waals surface area contributed by atoms with E-state index in [1.165, 1.54) is 0 Å². The largest absolute Gasteiger partial charge is 0.491 e. The van der Waals surface area contributed by atoms with Gasteiger partial charge in [0, 0.05) is 0 Å². The van der Waals surface area contributed by atoms with Crippen molar-refractivity contribution < 1.29 is 9.84 Å². The number of ether oxygens (including phenoxy) is 1. The first-order valence-corrected chi connectivity index (χ1v) is 3.41. The Hall–Kier alpha value is -1.16. The van der Waals surface area contributed by atoms with E-state index in [1.54, 1.807) is 12.4 Å². The van der Waals surface area contributed by atoms with Gasteiger partial charge in [0.2, 0.25) is 0 Å². The van der Waals surface area contributed by atoms with Gasteiger partial charge in [0.15, 0.2) is 11.6 Å². The molecule has 11 heavy (non-hydrogen) atoms. The molecule has 1 N–H and O–H groups in total. The minimum atomic E-state index is -0.133. The van der Waals surface area contributed by atoms with E-state index in [2.05, 4.69) is 9.97 Å². The maximum atomic E-state index is 8.59. The van der Waals surface area contributed by atoms with E-state index in [-0.39, 0.29) is 6.61 Å². The lowest BCUT2D eigenvalue weighted by Crippen LogP contribution is -1.97. The van der Waals surface area contributed by atoms with E-state index in [0.29, 0.717) is 18.2 Å². The van der Waals surface area contributed by atoms with Crippen LogP contribution in [0.3, 0.4) is 0 Å². The van der Waals surface area contributed by atoms with Gasteiger partial charge < -0.3 is 9.84 Å². The fraction of sp³-hybridized carbons (Fsp3) is 0.429. The predicted octanol–water partition coefficient (Wildman–Crippen LogP) is 0.368. The summed E-state index contributed by atoms with van der Waals surface area (Å²) < 4.78 is 5.10. The molecule has 0 bridgehead atoms. The smallest absolute Gasteiger partial charge is 0.155 e. The van der Waals surface area contributed by atoms with Crippen LogP contribution in [0.4, 0.5) is 0 Å². The second-order valence-corrected chi connectivity index (χ2v) is 1.93. The maximum absolute atomic E-state index is 8.59.